The number of hydrogen-bond acceptors (Lipinski definition) is 4. The van der Waals surface area contributed by atoms with E-state index in [0.29, 0.717) is 12.4 Å². The van der Waals surface area contributed by atoms with Crippen LogP contribution >= 0.6 is 0 Å². The molecule has 1 aliphatic rings. The third-order valence-corrected chi connectivity index (χ3v) is 4.33. The minimum absolute atomic E-state index is 0.0172. The Hall–Kier alpha value is -2.27. The Kier molecular flexibility index (Phi) is 4.62. The number of anilines is 1. The van der Waals surface area contributed by atoms with E-state index < -0.39 is 0 Å². The summed E-state index contributed by atoms with van der Waals surface area (Å²) in [5, 5.41) is 2.92. The Balaban J connectivity index is 1.65. The Morgan fingerprint density at radius 2 is 1.88 bits per heavy atom. The fourth-order valence-electron chi connectivity index (χ4n) is 2.96. The Morgan fingerprint density at radius 3 is 2.46 bits per heavy atom. The summed E-state index contributed by atoms with van der Waals surface area (Å²) in [7, 11) is 0. The van der Waals surface area contributed by atoms with Crippen LogP contribution in [0.25, 0.3) is 11.1 Å². The zero-order valence-corrected chi connectivity index (χ0v) is 14.4. The molecule has 2 aromatic heterocycles. The molecule has 126 valence electrons. The minimum atomic E-state index is -0.240. The summed E-state index contributed by atoms with van der Waals surface area (Å²) < 4.78 is 5.67. The van der Waals surface area contributed by atoms with Crippen LogP contribution in [0.1, 0.15) is 32.4 Å². The van der Waals surface area contributed by atoms with E-state index in [-0.39, 0.29) is 17.4 Å². The van der Waals surface area contributed by atoms with Crippen molar-refractivity contribution in [2.75, 3.05) is 11.9 Å². The van der Waals surface area contributed by atoms with Gasteiger partial charge in [-0.05, 0) is 51.8 Å². The van der Waals surface area contributed by atoms with E-state index in [9.17, 15) is 4.79 Å². The number of nitrogens with zero attached hydrogens (tertiary/aromatic N) is 2. The van der Waals surface area contributed by atoms with Gasteiger partial charge < -0.3 is 10.1 Å². The van der Waals surface area contributed by atoms with Crippen LogP contribution in [0.4, 0.5) is 5.82 Å². The monoisotopic (exact) mass is 325 g/mol. The maximum Gasteiger partial charge on any atom is 0.228 e. The van der Waals surface area contributed by atoms with Gasteiger partial charge in [0.2, 0.25) is 5.91 Å². The topological polar surface area (TPSA) is 64.1 Å². The fraction of sp³-hybridized carbons (Fsp3) is 0.421. The van der Waals surface area contributed by atoms with E-state index in [4.69, 9.17) is 4.74 Å². The van der Waals surface area contributed by atoms with Gasteiger partial charge >= 0.3 is 0 Å². The first-order valence-electron chi connectivity index (χ1n) is 8.27. The third kappa shape index (κ3) is 3.97. The zero-order chi connectivity index (χ0) is 17.2. The van der Waals surface area contributed by atoms with E-state index in [1.807, 2.05) is 51.2 Å². The molecule has 1 amide bonds. The first-order chi connectivity index (χ1) is 11.4. The van der Waals surface area contributed by atoms with E-state index in [1.165, 1.54) is 0 Å². The van der Waals surface area contributed by atoms with Gasteiger partial charge in [0.25, 0.3) is 0 Å². The average Bonchev–Trinajstić information content (AvgIpc) is 2.55. The first-order valence-corrected chi connectivity index (χ1v) is 8.27. The van der Waals surface area contributed by atoms with Crippen molar-refractivity contribution in [1.29, 1.82) is 0 Å². The summed E-state index contributed by atoms with van der Waals surface area (Å²) >= 11 is 0. The van der Waals surface area contributed by atoms with Crippen LogP contribution in [0.3, 0.4) is 0 Å². The molecule has 5 heteroatoms. The van der Waals surface area contributed by atoms with Crippen molar-refractivity contribution in [2.24, 2.45) is 5.92 Å². The highest BCUT2D eigenvalue weighted by atomic mass is 16.5. The van der Waals surface area contributed by atoms with E-state index in [1.54, 1.807) is 6.20 Å². The highest BCUT2D eigenvalue weighted by Gasteiger charge is 2.32. The van der Waals surface area contributed by atoms with Gasteiger partial charge in [-0.25, -0.2) is 4.98 Å². The molecule has 5 nitrogen and oxygen atoms in total. The second-order valence-electron chi connectivity index (χ2n) is 6.91. The number of carbonyl (C=O) groups is 1. The van der Waals surface area contributed by atoms with Crippen LogP contribution in [0.2, 0.25) is 0 Å². The molecular formula is C19H23N3O2. The number of ether oxygens (including phenoxy) is 1. The van der Waals surface area contributed by atoms with Crippen LogP contribution < -0.4 is 5.32 Å². The van der Waals surface area contributed by atoms with Gasteiger partial charge in [-0.15, -0.1) is 0 Å². The molecule has 0 radical (unpaired) electrons. The summed E-state index contributed by atoms with van der Waals surface area (Å²) in [4.78, 5) is 21.1. The average molecular weight is 325 g/mol. The molecule has 0 saturated carbocycles. The number of rotatable bonds is 3. The Morgan fingerprint density at radius 1 is 1.17 bits per heavy atom. The standard InChI is InChI=1S/C19H23N3O2/c1-13-4-5-15(11-20-13)16-6-7-17(21-12-16)22-18(23)14-8-9-24-19(2,3)10-14/h4-7,11-12,14H,8-10H2,1-3H3,(H,21,22,23). The van der Waals surface area contributed by atoms with Gasteiger partial charge in [-0.2, -0.15) is 0 Å². The van der Waals surface area contributed by atoms with E-state index in [0.717, 1.165) is 29.7 Å². The second kappa shape index (κ2) is 6.69. The van der Waals surface area contributed by atoms with Gasteiger partial charge in [0.15, 0.2) is 0 Å². The molecule has 1 aliphatic heterocycles. The lowest BCUT2D eigenvalue weighted by Gasteiger charge is -2.34. The summed E-state index contributed by atoms with van der Waals surface area (Å²) in [5.41, 5.74) is 2.73. The lowest BCUT2D eigenvalue weighted by molar-refractivity contribution is -0.130. The fourth-order valence-corrected chi connectivity index (χ4v) is 2.96. The number of nitrogens with one attached hydrogen (secondary N) is 1. The SMILES string of the molecule is Cc1ccc(-c2ccc(NC(=O)C3CCOC(C)(C)C3)nc2)cn1. The quantitative estimate of drug-likeness (QED) is 0.936. The highest BCUT2D eigenvalue weighted by Crippen LogP contribution is 2.29. The molecule has 1 unspecified atom stereocenters. The molecule has 1 N–H and O–H groups in total. The lowest BCUT2D eigenvalue weighted by atomic mass is 9.88. The molecule has 3 rings (SSSR count). The molecule has 0 aromatic carbocycles. The first kappa shape index (κ1) is 16.6. The van der Waals surface area contributed by atoms with E-state index in [2.05, 4.69) is 15.3 Å². The van der Waals surface area contributed by atoms with Crippen molar-refractivity contribution in [1.82, 2.24) is 9.97 Å². The Bertz CT molecular complexity index is 708. The molecule has 0 aliphatic carbocycles. The normalized spacial score (nSPS) is 19.7. The van der Waals surface area contributed by atoms with Gasteiger partial charge in [0.05, 0.1) is 5.60 Å². The number of amides is 1. The van der Waals surface area contributed by atoms with Crippen molar-refractivity contribution < 1.29 is 9.53 Å². The van der Waals surface area contributed by atoms with Gasteiger partial charge in [-0.3, -0.25) is 9.78 Å². The van der Waals surface area contributed by atoms with Crippen molar-refractivity contribution in [2.45, 2.75) is 39.2 Å². The number of carbonyl (C=O) groups excluding carboxylic acids is 1. The zero-order valence-electron chi connectivity index (χ0n) is 14.4. The summed E-state index contributed by atoms with van der Waals surface area (Å²) in [6, 6.07) is 7.76. The van der Waals surface area contributed by atoms with Crippen molar-refractivity contribution in [3.05, 3.63) is 42.4 Å². The van der Waals surface area contributed by atoms with Gasteiger partial charge in [0, 0.05) is 41.7 Å². The number of hydrogen-bond donors (Lipinski definition) is 1. The largest absolute Gasteiger partial charge is 0.376 e. The number of aromatic nitrogens is 2. The maximum absolute atomic E-state index is 12.4. The van der Waals surface area contributed by atoms with Crippen LogP contribution in [0.5, 0.6) is 0 Å². The van der Waals surface area contributed by atoms with Crippen LogP contribution in [-0.4, -0.2) is 28.1 Å². The number of pyridine rings is 2. The van der Waals surface area contributed by atoms with Gasteiger partial charge in [-0.1, -0.05) is 6.07 Å². The van der Waals surface area contributed by atoms with Crippen LogP contribution in [-0.2, 0) is 9.53 Å². The van der Waals surface area contributed by atoms with Crippen molar-refractivity contribution in [3.63, 3.8) is 0 Å². The summed E-state index contributed by atoms with van der Waals surface area (Å²) in [5.74, 6) is 0.563. The minimum Gasteiger partial charge on any atom is -0.376 e. The third-order valence-electron chi connectivity index (χ3n) is 4.33. The molecule has 0 spiro atoms. The maximum atomic E-state index is 12.4. The van der Waals surface area contributed by atoms with Crippen LogP contribution in [0, 0.1) is 12.8 Å². The highest BCUT2D eigenvalue weighted by molar-refractivity contribution is 5.91. The molecule has 2 aromatic rings. The van der Waals surface area contributed by atoms with E-state index >= 15 is 0 Å². The molecule has 0 bridgehead atoms. The molecular weight excluding hydrogens is 302 g/mol. The molecule has 1 atom stereocenters. The smallest absolute Gasteiger partial charge is 0.228 e. The molecule has 3 heterocycles. The number of aryl methyl sites for hydroxylation is 1. The lowest BCUT2D eigenvalue weighted by Crippen LogP contribution is -2.39. The van der Waals surface area contributed by atoms with Crippen molar-refractivity contribution in [3.8, 4) is 11.1 Å². The Labute approximate surface area is 142 Å². The van der Waals surface area contributed by atoms with Crippen molar-refractivity contribution >= 4 is 11.7 Å². The predicted octanol–water partition coefficient (Wildman–Crippen LogP) is 3.60. The molecule has 1 saturated heterocycles. The predicted molar refractivity (Wildman–Crippen MR) is 93.6 cm³/mol. The second-order valence-corrected chi connectivity index (χ2v) is 6.91. The summed E-state index contributed by atoms with van der Waals surface area (Å²) in [6.07, 6.45) is 5.07. The summed E-state index contributed by atoms with van der Waals surface area (Å²) in [6.45, 7) is 6.63. The van der Waals surface area contributed by atoms with Gasteiger partial charge in [0.1, 0.15) is 5.82 Å². The molecule has 24 heavy (non-hydrogen) atoms. The molecule has 1 fully saturated rings. The van der Waals surface area contributed by atoms with Crippen LogP contribution in [0.15, 0.2) is 36.7 Å².